The van der Waals surface area contributed by atoms with E-state index in [1.54, 1.807) is 7.11 Å². The van der Waals surface area contributed by atoms with Crippen molar-refractivity contribution in [2.24, 2.45) is 0 Å². The molecule has 0 atom stereocenters. The summed E-state index contributed by atoms with van der Waals surface area (Å²) in [6.07, 6.45) is 2.07. The molecule has 0 bridgehead atoms. The number of anilines is 1. The average Bonchev–Trinajstić information content (AvgIpc) is 3.46. The van der Waals surface area contributed by atoms with E-state index in [1.165, 1.54) is 0 Å². The van der Waals surface area contributed by atoms with E-state index in [0.717, 1.165) is 54.2 Å². The maximum absolute atomic E-state index is 12.7. The van der Waals surface area contributed by atoms with Gasteiger partial charge in [-0.15, -0.1) is 0 Å². The van der Waals surface area contributed by atoms with Crippen LogP contribution < -0.4 is 4.90 Å². The highest BCUT2D eigenvalue weighted by Crippen LogP contribution is 2.36. The first-order valence-electron chi connectivity index (χ1n) is 9.84. The van der Waals surface area contributed by atoms with Crippen LogP contribution in [0.5, 0.6) is 0 Å². The molecule has 0 N–H and O–H groups in total. The van der Waals surface area contributed by atoms with Crippen LogP contribution in [0.25, 0.3) is 11.3 Å². The van der Waals surface area contributed by atoms with Crippen LogP contribution in [0.15, 0.2) is 28.8 Å². The zero-order chi connectivity index (χ0) is 19.5. The van der Waals surface area contributed by atoms with Gasteiger partial charge in [0.15, 0.2) is 0 Å². The summed E-state index contributed by atoms with van der Waals surface area (Å²) in [4.78, 5) is 16.7. The normalized spacial score (nSPS) is 17.0. The molecule has 1 aliphatic carbocycles. The van der Waals surface area contributed by atoms with E-state index in [0.29, 0.717) is 19.8 Å². The Morgan fingerprint density at radius 2 is 2.11 bits per heavy atom. The Kier molecular flexibility index (Phi) is 5.64. The number of aromatic nitrogens is 1. The fourth-order valence-electron chi connectivity index (χ4n) is 3.66. The SMILES string of the molecule is COCC(=O)N(Cc1c(-c2cccc(C)c2)noc1N1CCOCC1)C1CC1. The molecule has 2 aliphatic rings. The van der Waals surface area contributed by atoms with Crippen molar-refractivity contribution in [2.75, 3.05) is 44.9 Å². The molecular formula is C21H27N3O4. The van der Waals surface area contributed by atoms with Gasteiger partial charge in [-0.25, -0.2) is 0 Å². The summed E-state index contributed by atoms with van der Waals surface area (Å²) in [5, 5.41) is 4.41. The van der Waals surface area contributed by atoms with Gasteiger partial charge in [0, 0.05) is 31.8 Å². The molecule has 1 saturated heterocycles. The Balaban J connectivity index is 1.71. The van der Waals surface area contributed by atoms with Gasteiger partial charge >= 0.3 is 0 Å². The van der Waals surface area contributed by atoms with Gasteiger partial charge in [0.25, 0.3) is 0 Å². The van der Waals surface area contributed by atoms with E-state index < -0.39 is 0 Å². The van der Waals surface area contributed by atoms with Crippen LogP contribution in [-0.2, 0) is 20.8 Å². The molecule has 2 fully saturated rings. The van der Waals surface area contributed by atoms with E-state index in [9.17, 15) is 4.79 Å². The van der Waals surface area contributed by atoms with Gasteiger partial charge in [-0.1, -0.05) is 28.9 Å². The molecule has 150 valence electrons. The number of ether oxygens (including phenoxy) is 2. The summed E-state index contributed by atoms with van der Waals surface area (Å²) >= 11 is 0. The topological polar surface area (TPSA) is 68.0 Å². The average molecular weight is 385 g/mol. The second kappa shape index (κ2) is 8.32. The van der Waals surface area contributed by atoms with Crippen molar-refractivity contribution in [3.8, 4) is 11.3 Å². The molecule has 4 rings (SSSR count). The first-order chi connectivity index (χ1) is 13.7. The highest BCUT2D eigenvalue weighted by molar-refractivity contribution is 5.79. The van der Waals surface area contributed by atoms with Gasteiger partial charge in [-0.05, 0) is 25.8 Å². The number of hydrogen-bond donors (Lipinski definition) is 0. The number of rotatable bonds is 7. The number of nitrogens with zero attached hydrogens (tertiary/aromatic N) is 3. The molecule has 1 aliphatic heterocycles. The molecule has 7 heteroatoms. The zero-order valence-electron chi connectivity index (χ0n) is 16.5. The van der Waals surface area contributed by atoms with Gasteiger partial charge in [-0.3, -0.25) is 4.79 Å². The second-order valence-electron chi connectivity index (χ2n) is 7.47. The standard InChI is InChI=1S/C21H27N3O4/c1-15-4-3-5-16(12-15)20-18(13-24(17-6-7-17)19(25)14-26-2)21(28-22-20)23-8-10-27-11-9-23/h3-5,12,17H,6-11,13-14H2,1-2H3. The molecule has 0 radical (unpaired) electrons. The van der Waals surface area contributed by atoms with Gasteiger partial charge in [0.05, 0.1) is 25.3 Å². The summed E-state index contributed by atoms with van der Waals surface area (Å²) in [5.41, 5.74) is 3.94. The largest absolute Gasteiger partial charge is 0.378 e. The lowest BCUT2D eigenvalue weighted by Gasteiger charge is -2.28. The van der Waals surface area contributed by atoms with Crippen LogP contribution in [0, 0.1) is 6.92 Å². The Bertz CT molecular complexity index is 825. The number of carbonyl (C=O) groups is 1. The number of hydrogen-bond acceptors (Lipinski definition) is 6. The number of amides is 1. The molecule has 2 heterocycles. The Morgan fingerprint density at radius 3 is 2.79 bits per heavy atom. The third-order valence-corrected chi connectivity index (χ3v) is 5.26. The summed E-state index contributed by atoms with van der Waals surface area (Å²) in [5.74, 6) is 0.755. The molecule has 1 amide bonds. The van der Waals surface area contributed by atoms with Crippen LogP contribution in [0.2, 0.25) is 0 Å². The minimum absolute atomic E-state index is 0.00863. The fraction of sp³-hybridized carbons (Fsp3) is 0.524. The summed E-state index contributed by atoms with van der Waals surface area (Å²) < 4.78 is 16.4. The number of benzene rings is 1. The predicted octanol–water partition coefficient (Wildman–Crippen LogP) is 2.62. The maximum Gasteiger partial charge on any atom is 0.249 e. The first-order valence-corrected chi connectivity index (χ1v) is 9.84. The Morgan fingerprint density at radius 1 is 1.32 bits per heavy atom. The van der Waals surface area contributed by atoms with E-state index >= 15 is 0 Å². The number of carbonyl (C=O) groups excluding carboxylic acids is 1. The van der Waals surface area contributed by atoms with Crippen molar-refractivity contribution in [1.82, 2.24) is 10.1 Å². The van der Waals surface area contributed by atoms with Crippen LogP contribution in [0.1, 0.15) is 24.0 Å². The third-order valence-electron chi connectivity index (χ3n) is 5.26. The van der Waals surface area contributed by atoms with Crippen molar-refractivity contribution in [3.05, 3.63) is 35.4 Å². The molecule has 7 nitrogen and oxygen atoms in total. The van der Waals surface area contributed by atoms with E-state index in [4.69, 9.17) is 14.0 Å². The zero-order valence-corrected chi connectivity index (χ0v) is 16.5. The van der Waals surface area contributed by atoms with Gasteiger partial charge in [0.1, 0.15) is 12.3 Å². The van der Waals surface area contributed by atoms with Crippen LogP contribution >= 0.6 is 0 Å². The third kappa shape index (κ3) is 4.05. The van der Waals surface area contributed by atoms with Gasteiger partial charge in [0.2, 0.25) is 11.8 Å². The fourth-order valence-corrected chi connectivity index (χ4v) is 3.66. The maximum atomic E-state index is 12.7. The Labute approximate surface area is 165 Å². The lowest BCUT2D eigenvalue weighted by Crippen LogP contribution is -2.38. The first kappa shape index (κ1) is 19.0. The molecule has 28 heavy (non-hydrogen) atoms. The monoisotopic (exact) mass is 385 g/mol. The highest BCUT2D eigenvalue weighted by atomic mass is 16.5. The minimum atomic E-state index is 0.00863. The molecule has 1 aromatic heterocycles. The summed E-state index contributed by atoms with van der Waals surface area (Å²) in [6, 6.07) is 8.50. The molecule has 1 saturated carbocycles. The lowest BCUT2D eigenvalue weighted by molar-refractivity contribution is -0.136. The molecule has 0 spiro atoms. The van der Waals surface area contributed by atoms with Crippen LogP contribution in [0.3, 0.4) is 0 Å². The van der Waals surface area contributed by atoms with Crippen LogP contribution in [0.4, 0.5) is 5.88 Å². The number of morpholine rings is 1. The van der Waals surface area contributed by atoms with Crippen LogP contribution in [-0.4, -0.2) is 62.0 Å². The molecule has 0 unspecified atom stereocenters. The molecular weight excluding hydrogens is 358 g/mol. The van der Waals surface area contributed by atoms with Crippen molar-refractivity contribution >= 4 is 11.8 Å². The highest BCUT2D eigenvalue weighted by Gasteiger charge is 2.35. The van der Waals surface area contributed by atoms with Crippen molar-refractivity contribution in [3.63, 3.8) is 0 Å². The molecule has 1 aromatic carbocycles. The summed E-state index contributed by atoms with van der Waals surface area (Å²) in [6.45, 7) is 5.46. The van der Waals surface area contributed by atoms with Gasteiger partial charge < -0.3 is 23.8 Å². The number of aryl methyl sites for hydroxylation is 1. The minimum Gasteiger partial charge on any atom is -0.378 e. The van der Waals surface area contributed by atoms with Gasteiger partial charge in [-0.2, -0.15) is 0 Å². The molecule has 2 aromatic rings. The predicted molar refractivity (Wildman–Crippen MR) is 105 cm³/mol. The van der Waals surface area contributed by atoms with E-state index in [2.05, 4.69) is 29.1 Å². The van der Waals surface area contributed by atoms with Crippen molar-refractivity contribution < 1.29 is 18.8 Å². The van der Waals surface area contributed by atoms with Crippen molar-refractivity contribution in [2.45, 2.75) is 32.4 Å². The summed E-state index contributed by atoms with van der Waals surface area (Å²) in [7, 11) is 1.56. The van der Waals surface area contributed by atoms with E-state index in [1.807, 2.05) is 17.0 Å². The Hall–Kier alpha value is -2.38. The number of methoxy groups -OCH3 is 1. The quantitative estimate of drug-likeness (QED) is 0.730. The smallest absolute Gasteiger partial charge is 0.249 e. The van der Waals surface area contributed by atoms with E-state index in [-0.39, 0.29) is 18.6 Å². The van der Waals surface area contributed by atoms with Crippen molar-refractivity contribution in [1.29, 1.82) is 0 Å². The lowest BCUT2D eigenvalue weighted by atomic mass is 10.0. The second-order valence-corrected chi connectivity index (χ2v) is 7.47.